The summed E-state index contributed by atoms with van der Waals surface area (Å²) in [6.45, 7) is 2.47. The molecule has 1 amide bonds. The molecule has 0 fully saturated rings. The van der Waals surface area contributed by atoms with Crippen LogP contribution in [0.1, 0.15) is 17.5 Å². The van der Waals surface area contributed by atoms with Crippen molar-refractivity contribution in [3.63, 3.8) is 0 Å². The van der Waals surface area contributed by atoms with E-state index < -0.39 is 0 Å². The predicted octanol–water partition coefficient (Wildman–Crippen LogP) is 4.99. The third kappa shape index (κ3) is 5.11. The molecule has 0 saturated heterocycles. The maximum Gasteiger partial charge on any atom is 0.233 e. The predicted molar refractivity (Wildman–Crippen MR) is 104 cm³/mol. The van der Waals surface area contributed by atoms with Gasteiger partial charge in [-0.05, 0) is 42.6 Å². The molecule has 2 heterocycles. The van der Waals surface area contributed by atoms with Crippen LogP contribution in [-0.4, -0.2) is 16.1 Å². The van der Waals surface area contributed by atoms with Gasteiger partial charge in [0.05, 0.1) is 17.5 Å². The van der Waals surface area contributed by atoms with Gasteiger partial charge in [0.25, 0.3) is 0 Å². The molecule has 2 aromatic heterocycles. The van der Waals surface area contributed by atoms with Crippen molar-refractivity contribution < 1.29 is 9.21 Å². The highest BCUT2D eigenvalue weighted by Gasteiger charge is 2.15. The first-order valence-corrected chi connectivity index (χ1v) is 10.0. The van der Waals surface area contributed by atoms with Crippen LogP contribution >= 0.6 is 34.7 Å². The Morgan fingerprint density at radius 2 is 2.16 bits per heavy atom. The van der Waals surface area contributed by atoms with Gasteiger partial charge in [-0.1, -0.05) is 17.7 Å². The van der Waals surface area contributed by atoms with E-state index in [2.05, 4.69) is 10.3 Å². The summed E-state index contributed by atoms with van der Waals surface area (Å²) in [6, 6.07) is 11.3. The molecule has 0 aliphatic heterocycles. The largest absolute Gasteiger partial charge is 0.444 e. The van der Waals surface area contributed by atoms with Crippen molar-refractivity contribution in [2.45, 2.75) is 24.5 Å². The number of thiophene rings is 1. The third-order valence-corrected chi connectivity index (χ3v) is 5.82. The van der Waals surface area contributed by atoms with Crippen LogP contribution in [-0.2, 0) is 17.1 Å². The number of amides is 1. The summed E-state index contributed by atoms with van der Waals surface area (Å²) in [7, 11) is 0. The number of hydrogen-bond acceptors (Lipinski definition) is 5. The number of nitrogens with one attached hydrogen (secondary N) is 1. The molecule has 7 heteroatoms. The molecule has 0 saturated carbocycles. The van der Waals surface area contributed by atoms with Crippen LogP contribution in [0.15, 0.2) is 52.5 Å². The first-order chi connectivity index (χ1) is 12.1. The SMILES string of the molecule is C[C@@H](SCc1coc(-c2ccc(Cl)cc2)n1)C(=O)NCc1cccs1. The number of aromatic nitrogens is 1. The maximum absolute atomic E-state index is 12.1. The zero-order valence-corrected chi connectivity index (χ0v) is 16.0. The van der Waals surface area contributed by atoms with E-state index in [1.165, 1.54) is 11.8 Å². The molecule has 3 aromatic rings. The van der Waals surface area contributed by atoms with Crippen LogP contribution in [0.4, 0.5) is 0 Å². The minimum atomic E-state index is -0.157. The van der Waals surface area contributed by atoms with E-state index in [1.54, 1.807) is 29.7 Å². The fourth-order valence-corrected chi connectivity index (χ4v) is 3.67. The smallest absolute Gasteiger partial charge is 0.233 e. The Morgan fingerprint density at radius 1 is 1.36 bits per heavy atom. The number of rotatable bonds is 7. The van der Waals surface area contributed by atoms with Crippen molar-refractivity contribution in [3.8, 4) is 11.5 Å². The molecule has 1 atom stereocenters. The van der Waals surface area contributed by atoms with Crippen LogP contribution in [0.2, 0.25) is 5.02 Å². The first kappa shape index (κ1) is 18.0. The van der Waals surface area contributed by atoms with E-state index >= 15 is 0 Å². The van der Waals surface area contributed by atoms with Crippen molar-refractivity contribution in [1.82, 2.24) is 10.3 Å². The highest BCUT2D eigenvalue weighted by molar-refractivity contribution is 7.99. The van der Waals surface area contributed by atoms with Gasteiger partial charge < -0.3 is 9.73 Å². The van der Waals surface area contributed by atoms with Gasteiger partial charge in [0.1, 0.15) is 6.26 Å². The van der Waals surface area contributed by atoms with E-state index in [9.17, 15) is 4.79 Å². The summed E-state index contributed by atoms with van der Waals surface area (Å²) in [5.74, 6) is 1.20. The lowest BCUT2D eigenvalue weighted by atomic mass is 10.2. The van der Waals surface area contributed by atoms with Gasteiger partial charge in [0.15, 0.2) is 0 Å². The number of halogens is 1. The van der Waals surface area contributed by atoms with Gasteiger partial charge in [-0.2, -0.15) is 0 Å². The highest BCUT2D eigenvalue weighted by Crippen LogP contribution is 2.23. The second-order valence-corrected chi connectivity index (χ2v) is 8.20. The third-order valence-electron chi connectivity index (χ3n) is 3.51. The lowest BCUT2D eigenvalue weighted by Crippen LogP contribution is -2.30. The van der Waals surface area contributed by atoms with Gasteiger partial charge in [-0.25, -0.2) is 4.98 Å². The van der Waals surface area contributed by atoms with Crippen molar-refractivity contribution in [3.05, 3.63) is 63.6 Å². The molecule has 0 unspecified atom stereocenters. The number of oxazole rings is 1. The fourth-order valence-electron chi connectivity index (χ4n) is 2.12. The molecule has 0 bridgehead atoms. The number of benzene rings is 1. The number of nitrogens with zero attached hydrogens (tertiary/aromatic N) is 1. The molecule has 0 aliphatic carbocycles. The summed E-state index contributed by atoms with van der Waals surface area (Å²) in [5.41, 5.74) is 1.69. The Kier molecular flexibility index (Phi) is 6.18. The van der Waals surface area contributed by atoms with Crippen molar-refractivity contribution in [2.75, 3.05) is 0 Å². The van der Waals surface area contributed by atoms with Gasteiger partial charge in [-0.3, -0.25) is 4.79 Å². The quantitative estimate of drug-likeness (QED) is 0.615. The number of hydrogen-bond donors (Lipinski definition) is 1. The number of carbonyl (C=O) groups is 1. The van der Waals surface area contributed by atoms with Crippen molar-refractivity contribution in [1.29, 1.82) is 0 Å². The van der Waals surface area contributed by atoms with Gasteiger partial charge in [-0.15, -0.1) is 23.1 Å². The Balaban J connectivity index is 1.49. The maximum atomic E-state index is 12.1. The highest BCUT2D eigenvalue weighted by atomic mass is 35.5. The Hall–Kier alpha value is -1.76. The lowest BCUT2D eigenvalue weighted by Gasteiger charge is -2.10. The van der Waals surface area contributed by atoms with Gasteiger partial charge >= 0.3 is 0 Å². The first-order valence-electron chi connectivity index (χ1n) is 7.74. The second kappa shape index (κ2) is 8.56. The molecular formula is C18H17ClN2O2S2. The fraction of sp³-hybridized carbons (Fsp3) is 0.222. The topological polar surface area (TPSA) is 55.1 Å². The number of carbonyl (C=O) groups excluding carboxylic acids is 1. The molecule has 3 rings (SSSR count). The Labute approximate surface area is 159 Å². The molecular weight excluding hydrogens is 376 g/mol. The zero-order chi connectivity index (χ0) is 17.6. The molecule has 130 valence electrons. The second-order valence-electron chi connectivity index (χ2n) is 5.40. The summed E-state index contributed by atoms with van der Waals surface area (Å²) < 4.78 is 5.51. The zero-order valence-electron chi connectivity index (χ0n) is 13.6. The van der Waals surface area contributed by atoms with Crippen LogP contribution in [0, 0.1) is 0 Å². The molecule has 25 heavy (non-hydrogen) atoms. The van der Waals surface area contributed by atoms with E-state index in [4.69, 9.17) is 16.0 Å². The summed E-state index contributed by atoms with van der Waals surface area (Å²) in [5, 5.41) is 5.47. The van der Waals surface area contributed by atoms with E-state index in [1.807, 2.05) is 36.6 Å². The molecule has 0 spiro atoms. The standard InChI is InChI=1S/C18H17ClN2O2S2/c1-12(17(22)20-9-16-3-2-8-24-16)25-11-15-10-23-18(21-15)13-4-6-14(19)7-5-13/h2-8,10,12H,9,11H2,1H3,(H,20,22)/t12-/m1/s1. The normalized spacial score (nSPS) is 12.1. The average molecular weight is 393 g/mol. The molecule has 4 nitrogen and oxygen atoms in total. The van der Waals surface area contributed by atoms with Crippen LogP contribution in [0.25, 0.3) is 11.5 Å². The minimum Gasteiger partial charge on any atom is -0.444 e. The molecule has 0 radical (unpaired) electrons. The van der Waals surface area contributed by atoms with Crippen LogP contribution < -0.4 is 5.32 Å². The van der Waals surface area contributed by atoms with Crippen LogP contribution in [0.5, 0.6) is 0 Å². The van der Waals surface area contributed by atoms with E-state index in [0.717, 1.165) is 16.1 Å². The minimum absolute atomic E-state index is 0.0276. The summed E-state index contributed by atoms with van der Waals surface area (Å²) in [4.78, 5) is 17.7. The molecule has 1 aromatic carbocycles. The van der Waals surface area contributed by atoms with Gasteiger partial charge in [0, 0.05) is 21.2 Å². The summed E-state index contributed by atoms with van der Waals surface area (Å²) in [6.07, 6.45) is 1.63. The molecule has 1 N–H and O–H groups in total. The Bertz CT molecular complexity index is 816. The lowest BCUT2D eigenvalue weighted by molar-refractivity contribution is -0.120. The molecule has 0 aliphatic rings. The van der Waals surface area contributed by atoms with Crippen molar-refractivity contribution in [2.24, 2.45) is 0 Å². The Morgan fingerprint density at radius 3 is 2.88 bits per heavy atom. The number of thioether (sulfide) groups is 1. The van der Waals surface area contributed by atoms with Crippen molar-refractivity contribution >= 4 is 40.6 Å². The average Bonchev–Trinajstić information content (AvgIpc) is 3.30. The van der Waals surface area contributed by atoms with E-state index in [0.29, 0.717) is 23.2 Å². The monoisotopic (exact) mass is 392 g/mol. The summed E-state index contributed by atoms with van der Waals surface area (Å²) >= 11 is 9.05. The van der Waals surface area contributed by atoms with Gasteiger partial charge in [0.2, 0.25) is 11.8 Å². The van der Waals surface area contributed by atoms with E-state index in [-0.39, 0.29) is 11.2 Å². The van der Waals surface area contributed by atoms with Crippen LogP contribution in [0.3, 0.4) is 0 Å².